The molecule has 1 aliphatic carbocycles. The summed E-state index contributed by atoms with van der Waals surface area (Å²) in [6.07, 6.45) is 4.09. The first-order valence-corrected chi connectivity index (χ1v) is 7.57. The summed E-state index contributed by atoms with van der Waals surface area (Å²) in [6, 6.07) is 16.9. The van der Waals surface area contributed by atoms with E-state index in [0.29, 0.717) is 6.04 Å². The maximum Gasteiger partial charge on any atom is 0.0703 e. The van der Waals surface area contributed by atoms with Crippen molar-refractivity contribution in [3.8, 4) is 0 Å². The monoisotopic (exact) mass is 294 g/mol. The Morgan fingerprint density at radius 1 is 1.10 bits per heavy atom. The van der Waals surface area contributed by atoms with Crippen LogP contribution in [-0.2, 0) is 6.42 Å². The molecule has 0 aliphatic heterocycles. The van der Waals surface area contributed by atoms with Crippen molar-refractivity contribution in [2.24, 2.45) is 0 Å². The number of halogens is 1. The lowest BCUT2D eigenvalue weighted by Gasteiger charge is -2.15. The summed E-state index contributed by atoms with van der Waals surface area (Å²) >= 11 is 6.07. The molecule has 2 nitrogen and oxygen atoms in total. The van der Waals surface area contributed by atoms with Crippen molar-refractivity contribution in [1.82, 2.24) is 4.98 Å². The lowest BCUT2D eigenvalue weighted by Crippen LogP contribution is -2.07. The molecule has 3 aromatic rings. The Balaban J connectivity index is 1.64. The zero-order chi connectivity index (χ0) is 14.2. The van der Waals surface area contributed by atoms with Crippen molar-refractivity contribution in [3.05, 3.63) is 70.9 Å². The van der Waals surface area contributed by atoms with Crippen LogP contribution in [0.15, 0.2) is 54.7 Å². The van der Waals surface area contributed by atoms with Gasteiger partial charge in [-0.2, -0.15) is 0 Å². The van der Waals surface area contributed by atoms with Gasteiger partial charge in [0.1, 0.15) is 0 Å². The van der Waals surface area contributed by atoms with Gasteiger partial charge in [-0.05, 0) is 48.2 Å². The Kier molecular flexibility index (Phi) is 3.04. The van der Waals surface area contributed by atoms with Crippen molar-refractivity contribution in [3.63, 3.8) is 0 Å². The molecule has 1 aromatic heterocycles. The molecule has 21 heavy (non-hydrogen) atoms. The molecule has 1 aliphatic rings. The van der Waals surface area contributed by atoms with Crippen LogP contribution < -0.4 is 5.32 Å². The molecule has 2 aromatic carbocycles. The van der Waals surface area contributed by atoms with Crippen molar-refractivity contribution in [2.75, 3.05) is 5.32 Å². The van der Waals surface area contributed by atoms with Gasteiger partial charge in [-0.3, -0.25) is 4.98 Å². The van der Waals surface area contributed by atoms with Crippen LogP contribution in [0.3, 0.4) is 0 Å². The van der Waals surface area contributed by atoms with Gasteiger partial charge >= 0.3 is 0 Å². The van der Waals surface area contributed by atoms with E-state index in [4.69, 9.17) is 11.6 Å². The minimum absolute atomic E-state index is 0.347. The van der Waals surface area contributed by atoms with Gasteiger partial charge in [0.05, 0.1) is 23.4 Å². The zero-order valence-electron chi connectivity index (χ0n) is 11.5. The number of nitrogens with one attached hydrogen (secondary N) is 1. The smallest absolute Gasteiger partial charge is 0.0703 e. The van der Waals surface area contributed by atoms with Crippen LogP contribution in [0.2, 0.25) is 5.02 Å². The van der Waals surface area contributed by atoms with Gasteiger partial charge in [-0.15, -0.1) is 0 Å². The van der Waals surface area contributed by atoms with E-state index in [-0.39, 0.29) is 0 Å². The maximum absolute atomic E-state index is 6.07. The standard InChI is InChI=1S/C18H15ClN2/c19-14-6-7-16-12(9-14)5-8-18(16)21-15-10-13-3-1-2-4-17(13)20-11-15/h1-4,6-7,9-11,18,21H,5,8H2. The van der Waals surface area contributed by atoms with E-state index in [1.807, 2.05) is 30.5 Å². The fourth-order valence-corrected chi connectivity index (χ4v) is 3.28. The molecule has 3 heteroatoms. The summed E-state index contributed by atoms with van der Waals surface area (Å²) in [5, 5.41) is 5.59. The Labute approximate surface area is 128 Å². The second kappa shape index (κ2) is 5.05. The second-order valence-corrected chi connectivity index (χ2v) is 5.93. The molecule has 0 spiro atoms. The summed E-state index contributed by atoms with van der Waals surface area (Å²) in [6.45, 7) is 0. The molecular weight excluding hydrogens is 280 g/mol. The van der Waals surface area contributed by atoms with E-state index < -0.39 is 0 Å². The first kappa shape index (κ1) is 12.7. The van der Waals surface area contributed by atoms with Gasteiger partial charge in [0.25, 0.3) is 0 Å². The first-order valence-electron chi connectivity index (χ1n) is 7.19. The number of rotatable bonds is 2. The maximum atomic E-state index is 6.07. The average Bonchev–Trinajstić information content (AvgIpc) is 2.89. The number of nitrogens with zero attached hydrogens (tertiary/aromatic N) is 1. The predicted octanol–water partition coefficient (Wildman–Crippen LogP) is 4.99. The number of fused-ring (bicyclic) bond motifs is 2. The molecular formula is C18H15ClN2. The lowest BCUT2D eigenvalue weighted by atomic mass is 10.1. The van der Waals surface area contributed by atoms with E-state index in [9.17, 15) is 0 Å². The van der Waals surface area contributed by atoms with Gasteiger partial charge in [0, 0.05) is 10.4 Å². The quantitative estimate of drug-likeness (QED) is 0.720. The molecule has 4 rings (SSSR count). The van der Waals surface area contributed by atoms with E-state index >= 15 is 0 Å². The number of anilines is 1. The van der Waals surface area contributed by atoms with E-state index in [1.165, 1.54) is 11.1 Å². The normalized spacial score (nSPS) is 16.9. The Morgan fingerprint density at radius 2 is 2.00 bits per heavy atom. The predicted molar refractivity (Wildman–Crippen MR) is 87.9 cm³/mol. The van der Waals surface area contributed by atoms with Crippen LogP contribution in [0, 0.1) is 0 Å². The second-order valence-electron chi connectivity index (χ2n) is 5.50. The topological polar surface area (TPSA) is 24.9 Å². The van der Waals surface area contributed by atoms with E-state index in [0.717, 1.165) is 34.5 Å². The Bertz CT molecular complexity index is 813. The highest BCUT2D eigenvalue weighted by molar-refractivity contribution is 6.30. The third-order valence-corrected chi connectivity index (χ3v) is 4.35. The molecule has 0 saturated carbocycles. The van der Waals surface area contributed by atoms with Crippen molar-refractivity contribution in [1.29, 1.82) is 0 Å². The van der Waals surface area contributed by atoms with Crippen LogP contribution >= 0.6 is 11.6 Å². The molecule has 0 saturated heterocycles. The van der Waals surface area contributed by atoms with E-state index in [2.05, 4.69) is 34.6 Å². The average molecular weight is 295 g/mol. The number of hydrogen-bond acceptors (Lipinski definition) is 2. The third-order valence-electron chi connectivity index (χ3n) is 4.11. The fourth-order valence-electron chi connectivity index (χ4n) is 3.09. The SMILES string of the molecule is Clc1ccc2c(c1)CCC2Nc1cnc2ccccc2c1. The van der Waals surface area contributed by atoms with Crippen molar-refractivity contribution >= 4 is 28.2 Å². The minimum atomic E-state index is 0.347. The molecule has 1 heterocycles. The number of aryl methyl sites for hydroxylation is 1. The minimum Gasteiger partial charge on any atom is -0.377 e. The number of hydrogen-bond donors (Lipinski definition) is 1. The van der Waals surface area contributed by atoms with Crippen molar-refractivity contribution in [2.45, 2.75) is 18.9 Å². The van der Waals surface area contributed by atoms with Gasteiger partial charge < -0.3 is 5.32 Å². The van der Waals surface area contributed by atoms with Crippen LogP contribution in [0.1, 0.15) is 23.6 Å². The molecule has 1 atom stereocenters. The van der Waals surface area contributed by atoms with E-state index in [1.54, 1.807) is 0 Å². The third kappa shape index (κ3) is 2.36. The highest BCUT2D eigenvalue weighted by atomic mass is 35.5. The highest BCUT2D eigenvalue weighted by Gasteiger charge is 2.22. The summed E-state index contributed by atoms with van der Waals surface area (Å²) in [5.74, 6) is 0. The summed E-state index contributed by atoms with van der Waals surface area (Å²) in [7, 11) is 0. The fraction of sp³-hybridized carbons (Fsp3) is 0.167. The van der Waals surface area contributed by atoms with Crippen molar-refractivity contribution < 1.29 is 0 Å². The Hall–Kier alpha value is -2.06. The van der Waals surface area contributed by atoms with Gasteiger partial charge in [0.2, 0.25) is 0 Å². The van der Waals surface area contributed by atoms with Crippen LogP contribution in [0.5, 0.6) is 0 Å². The number of para-hydroxylation sites is 1. The zero-order valence-corrected chi connectivity index (χ0v) is 12.3. The number of pyridine rings is 1. The lowest BCUT2D eigenvalue weighted by molar-refractivity contribution is 0.762. The number of benzene rings is 2. The van der Waals surface area contributed by atoms with Gasteiger partial charge in [0.15, 0.2) is 0 Å². The van der Waals surface area contributed by atoms with Crippen LogP contribution in [0.25, 0.3) is 10.9 Å². The van der Waals surface area contributed by atoms with Gasteiger partial charge in [-0.25, -0.2) is 0 Å². The highest BCUT2D eigenvalue weighted by Crippen LogP contribution is 2.35. The first-order chi connectivity index (χ1) is 10.3. The van der Waals surface area contributed by atoms with Gasteiger partial charge in [-0.1, -0.05) is 35.9 Å². The molecule has 1 N–H and O–H groups in total. The molecule has 0 amide bonds. The summed E-state index contributed by atoms with van der Waals surface area (Å²) in [4.78, 5) is 4.51. The largest absolute Gasteiger partial charge is 0.377 e. The summed E-state index contributed by atoms with van der Waals surface area (Å²) < 4.78 is 0. The van der Waals surface area contributed by atoms with Crippen LogP contribution in [0.4, 0.5) is 5.69 Å². The Morgan fingerprint density at radius 3 is 2.95 bits per heavy atom. The number of aromatic nitrogens is 1. The molecule has 0 fully saturated rings. The molecule has 104 valence electrons. The molecule has 1 unspecified atom stereocenters. The molecule has 0 bridgehead atoms. The molecule has 0 radical (unpaired) electrons. The van der Waals surface area contributed by atoms with Crippen LogP contribution in [-0.4, -0.2) is 4.98 Å². The summed E-state index contributed by atoms with van der Waals surface area (Å²) in [5.41, 5.74) is 4.81.